The number of hydrogen-bond donors (Lipinski definition) is 3. The molecule has 0 aliphatic rings. The number of nitrogens with one attached hydrogen (secondary N) is 3. The van der Waals surface area contributed by atoms with Gasteiger partial charge in [-0.15, -0.1) is 0 Å². The molecule has 6 heteroatoms. The fraction of sp³-hybridized carbons (Fsp3) is 0.643. The number of carbonyl (C=O) groups is 1. The zero-order valence-electron chi connectivity index (χ0n) is 12.8. The van der Waals surface area contributed by atoms with Gasteiger partial charge in [0.25, 0.3) is 0 Å². The van der Waals surface area contributed by atoms with Gasteiger partial charge in [-0.2, -0.15) is 0 Å². The van der Waals surface area contributed by atoms with Gasteiger partial charge in [0.1, 0.15) is 23.5 Å². The lowest BCUT2D eigenvalue weighted by Crippen LogP contribution is -2.38. The van der Waals surface area contributed by atoms with Crippen LogP contribution in [-0.2, 0) is 4.79 Å². The van der Waals surface area contributed by atoms with Crippen LogP contribution >= 0.6 is 0 Å². The molecule has 1 rings (SSSR count). The van der Waals surface area contributed by atoms with Crippen molar-refractivity contribution in [2.75, 3.05) is 23.7 Å². The molecule has 1 atom stereocenters. The Morgan fingerprint density at radius 1 is 1.20 bits per heavy atom. The highest BCUT2D eigenvalue weighted by molar-refractivity contribution is 5.83. The molecule has 0 aromatic carbocycles. The molecule has 0 fully saturated rings. The van der Waals surface area contributed by atoms with Crippen LogP contribution in [0.2, 0.25) is 0 Å². The van der Waals surface area contributed by atoms with Crippen molar-refractivity contribution in [1.29, 1.82) is 0 Å². The molecule has 3 N–H and O–H groups in total. The van der Waals surface area contributed by atoms with E-state index in [0.29, 0.717) is 18.2 Å². The Morgan fingerprint density at radius 3 is 2.50 bits per heavy atom. The summed E-state index contributed by atoms with van der Waals surface area (Å²) in [6, 6.07) is 1.50. The highest BCUT2D eigenvalue weighted by Crippen LogP contribution is 2.12. The number of hydrogen-bond acceptors (Lipinski definition) is 5. The molecule has 1 amide bonds. The second-order valence-corrected chi connectivity index (χ2v) is 4.77. The largest absolute Gasteiger partial charge is 0.370 e. The molecular weight excluding hydrogens is 254 g/mol. The summed E-state index contributed by atoms with van der Waals surface area (Å²) in [7, 11) is 0. The van der Waals surface area contributed by atoms with Crippen LogP contribution in [0.15, 0.2) is 6.07 Å². The van der Waals surface area contributed by atoms with Crippen molar-refractivity contribution in [2.24, 2.45) is 0 Å². The predicted molar refractivity (Wildman–Crippen MR) is 81.9 cm³/mol. The van der Waals surface area contributed by atoms with Crippen LogP contribution in [0.1, 0.15) is 39.4 Å². The van der Waals surface area contributed by atoms with Crippen LogP contribution in [0.3, 0.4) is 0 Å². The Kier molecular flexibility index (Phi) is 6.76. The van der Waals surface area contributed by atoms with Crippen molar-refractivity contribution in [3.63, 3.8) is 0 Å². The molecule has 6 nitrogen and oxygen atoms in total. The molecule has 0 saturated heterocycles. The molecular formula is C14H25N5O. The van der Waals surface area contributed by atoms with Crippen molar-refractivity contribution in [3.8, 4) is 0 Å². The molecule has 0 radical (unpaired) electrons. The maximum atomic E-state index is 11.8. The van der Waals surface area contributed by atoms with E-state index in [1.54, 1.807) is 0 Å². The Labute approximate surface area is 120 Å². The monoisotopic (exact) mass is 279 g/mol. The lowest BCUT2D eigenvalue weighted by Gasteiger charge is -2.15. The average Bonchev–Trinajstić information content (AvgIpc) is 2.41. The maximum Gasteiger partial charge on any atom is 0.242 e. The summed E-state index contributed by atoms with van der Waals surface area (Å²) in [6.07, 6.45) is 1.96. The van der Waals surface area contributed by atoms with E-state index in [4.69, 9.17) is 0 Å². The fourth-order valence-corrected chi connectivity index (χ4v) is 1.67. The minimum Gasteiger partial charge on any atom is -0.370 e. The van der Waals surface area contributed by atoms with Crippen molar-refractivity contribution < 1.29 is 4.79 Å². The van der Waals surface area contributed by atoms with Crippen molar-refractivity contribution in [2.45, 2.75) is 46.6 Å². The number of anilines is 2. The van der Waals surface area contributed by atoms with Gasteiger partial charge in [0.15, 0.2) is 0 Å². The molecule has 0 aliphatic carbocycles. The second kappa shape index (κ2) is 8.35. The summed E-state index contributed by atoms with van der Waals surface area (Å²) < 4.78 is 0. The molecule has 20 heavy (non-hydrogen) atoms. The first-order chi connectivity index (χ1) is 9.56. The first-order valence-corrected chi connectivity index (χ1v) is 7.20. The maximum absolute atomic E-state index is 11.8. The van der Waals surface area contributed by atoms with E-state index in [9.17, 15) is 4.79 Å². The molecule has 0 bridgehead atoms. The SMILES string of the molecule is CCCNC(=O)C(C)Nc1cc(NCCC)nc(C)n1. The van der Waals surface area contributed by atoms with Gasteiger partial charge in [-0.05, 0) is 26.7 Å². The normalized spacial score (nSPS) is 11.8. The minimum atomic E-state index is -0.324. The van der Waals surface area contributed by atoms with E-state index < -0.39 is 0 Å². The molecule has 0 spiro atoms. The Bertz CT molecular complexity index is 436. The first-order valence-electron chi connectivity index (χ1n) is 7.20. The summed E-state index contributed by atoms with van der Waals surface area (Å²) in [5, 5.41) is 9.18. The van der Waals surface area contributed by atoms with Gasteiger partial charge < -0.3 is 16.0 Å². The Morgan fingerprint density at radius 2 is 1.85 bits per heavy atom. The summed E-state index contributed by atoms with van der Waals surface area (Å²) in [6.45, 7) is 9.34. The second-order valence-electron chi connectivity index (χ2n) is 4.77. The molecule has 0 saturated carbocycles. The van der Waals surface area contributed by atoms with Crippen molar-refractivity contribution >= 4 is 17.5 Å². The predicted octanol–water partition coefficient (Wildman–Crippen LogP) is 1.93. The van der Waals surface area contributed by atoms with E-state index >= 15 is 0 Å². The van der Waals surface area contributed by atoms with Gasteiger partial charge in [-0.1, -0.05) is 13.8 Å². The van der Waals surface area contributed by atoms with Gasteiger partial charge in [0.05, 0.1) is 0 Å². The summed E-state index contributed by atoms with van der Waals surface area (Å²) in [5.74, 6) is 2.10. The molecule has 1 unspecified atom stereocenters. The van der Waals surface area contributed by atoms with Crippen LogP contribution < -0.4 is 16.0 Å². The third-order valence-electron chi connectivity index (χ3n) is 2.70. The van der Waals surface area contributed by atoms with E-state index in [1.165, 1.54) is 0 Å². The van der Waals surface area contributed by atoms with Gasteiger partial charge in [0.2, 0.25) is 5.91 Å². The minimum absolute atomic E-state index is 0.0221. The van der Waals surface area contributed by atoms with Gasteiger partial charge in [0, 0.05) is 19.2 Å². The Hall–Kier alpha value is -1.85. The zero-order chi connectivity index (χ0) is 15.0. The van der Waals surface area contributed by atoms with Crippen LogP contribution in [0, 0.1) is 6.92 Å². The standard InChI is InChI=1S/C14H25N5O/c1-5-7-15-12-9-13(19-11(4)18-12)17-10(3)14(20)16-8-6-2/h9-10H,5-8H2,1-4H3,(H,16,20)(H2,15,17,18,19). The van der Waals surface area contributed by atoms with Crippen molar-refractivity contribution in [3.05, 3.63) is 11.9 Å². The summed E-state index contributed by atoms with van der Waals surface area (Å²) >= 11 is 0. The van der Waals surface area contributed by atoms with Crippen molar-refractivity contribution in [1.82, 2.24) is 15.3 Å². The summed E-state index contributed by atoms with van der Waals surface area (Å²) in [5.41, 5.74) is 0. The highest BCUT2D eigenvalue weighted by Gasteiger charge is 2.13. The molecule has 0 aliphatic heterocycles. The lowest BCUT2D eigenvalue weighted by molar-refractivity contribution is -0.121. The zero-order valence-corrected chi connectivity index (χ0v) is 12.8. The number of rotatable bonds is 8. The molecule has 1 aromatic rings. The summed E-state index contributed by atoms with van der Waals surface area (Å²) in [4.78, 5) is 20.4. The molecule has 1 aromatic heterocycles. The number of carbonyl (C=O) groups excluding carboxylic acids is 1. The van der Waals surface area contributed by atoms with Gasteiger partial charge >= 0.3 is 0 Å². The van der Waals surface area contributed by atoms with Crippen LogP contribution in [-0.4, -0.2) is 35.0 Å². The first kappa shape index (κ1) is 16.2. The third-order valence-corrected chi connectivity index (χ3v) is 2.70. The van der Waals surface area contributed by atoms with E-state index in [0.717, 1.165) is 25.2 Å². The number of amides is 1. The van der Waals surface area contributed by atoms with Crippen LogP contribution in [0.25, 0.3) is 0 Å². The number of nitrogens with zero attached hydrogens (tertiary/aromatic N) is 2. The van der Waals surface area contributed by atoms with Crippen LogP contribution in [0.5, 0.6) is 0 Å². The fourth-order valence-electron chi connectivity index (χ4n) is 1.67. The number of aromatic nitrogens is 2. The van der Waals surface area contributed by atoms with E-state index in [-0.39, 0.29) is 11.9 Å². The van der Waals surface area contributed by atoms with E-state index in [2.05, 4.69) is 32.8 Å². The highest BCUT2D eigenvalue weighted by atomic mass is 16.2. The third kappa shape index (κ3) is 5.42. The quantitative estimate of drug-likeness (QED) is 0.677. The molecule has 112 valence electrons. The van der Waals surface area contributed by atoms with Gasteiger partial charge in [-0.25, -0.2) is 9.97 Å². The smallest absolute Gasteiger partial charge is 0.242 e. The average molecular weight is 279 g/mol. The molecule has 1 heterocycles. The topological polar surface area (TPSA) is 78.9 Å². The number of aryl methyl sites for hydroxylation is 1. The van der Waals surface area contributed by atoms with Gasteiger partial charge in [-0.3, -0.25) is 4.79 Å². The van der Waals surface area contributed by atoms with E-state index in [1.807, 2.05) is 26.8 Å². The van der Waals surface area contributed by atoms with Crippen LogP contribution in [0.4, 0.5) is 11.6 Å². The lowest BCUT2D eigenvalue weighted by atomic mass is 10.3. The Balaban J connectivity index is 2.66.